The van der Waals surface area contributed by atoms with Crippen LogP contribution in [0.3, 0.4) is 0 Å². The zero-order valence-corrected chi connectivity index (χ0v) is 16.1. The highest BCUT2D eigenvalue weighted by molar-refractivity contribution is 5.83. The van der Waals surface area contributed by atoms with Gasteiger partial charge in [0.2, 0.25) is 5.79 Å². The third-order valence-corrected chi connectivity index (χ3v) is 6.21. The van der Waals surface area contributed by atoms with Crippen molar-refractivity contribution < 1.29 is 29.2 Å². The van der Waals surface area contributed by atoms with Gasteiger partial charge in [0.15, 0.2) is 6.29 Å². The molecule has 5 rings (SSSR count). The second-order valence-electron chi connectivity index (χ2n) is 8.07. The monoisotopic (exact) mass is 398 g/mol. The Morgan fingerprint density at radius 3 is 2.66 bits per heavy atom. The van der Waals surface area contributed by atoms with Crippen molar-refractivity contribution in [2.24, 2.45) is 11.8 Å². The van der Waals surface area contributed by atoms with Crippen LogP contribution in [0.15, 0.2) is 54.6 Å². The second kappa shape index (κ2) is 7.70. The molecule has 1 aliphatic carbocycles. The lowest BCUT2D eigenvalue weighted by Crippen LogP contribution is -2.35. The minimum Gasteiger partial charge on any atom is -0.488 e. The van der Waals surface area contributed by atoms with E-state index in [1.54, 1.807) is 0 Å². The highest BCUT2D eigenvalue weighted by atomic mass is 16.8. The third-order valence-electron chi connectivity index (χ3n) is 6.21. The number of benzene rings is 2. The summed E-state index contributed by atoms with van der Waals surface area (Å²) in [6, 6.07) is 14.1. The molecular formula is C23H26O6. The fraction of sp³-hybridized carbons (Fsp3) is 0.478. The molecule has 154 valence electrons. The Hall–Kier alpha value is -1.96. The number of hydrogen-bond acceptors (Lipinski definition) is 6. The van der Waals surface area contributed by atoms with Crippen LogP contribution >= 0.6 is 0 Å². The van der Waals surface area contributed by atoms with E-state index < -0.39 is 18.2 Å². The van der Waals surface area contributed by atoms with Crippen LogP contribution in [0.25, 0.3) is 10.8 Å². The number of ether oxygens (including phenoxy) is 4. The van der Waals surface area contributed by atoms with Crippen LogP contribution in [0.4, 0.5) is 0 Å². The van der Waals surface area contributed by atoms with Gasteiger partial charge in [-0.05, 0) is 34.9 Å². The van der Waals surface area contributed by atoms with E-state index in [9.17, 15) is 10.2 Å². The van der Waals surface area contributed by atoms with Gasteiger partial charge >= 0.3 is 0 Å². The Balaban J connectivity index is 1.30. The molecule has 1 unspecified atom stereocenters. The van der Waals surface area contributed by atoms with Crippen molar-refractivity contribution in [2.45, 2.75) is 37.1 Å². The molecule has 3 fully saturated rings. The first-order chi connectivity index (χ1) is 14.1. The summed E-state index contributed by atoms with van der Waals surface area (Å²) in [4.78, 5) is 0. The van der Waals surface area contributed by atoms with E-state index in [2.05, 4.69) is 12.1 Å². The van der Waals surface area contributed by atoms with Gasteiger partial charge in [0, 0.05) is 18.8 Å². The first-order valence-electron chi connectivity index (χ1n) is 10.2. The lowest BCUT2D eigenvalue weighted by atomic mass is 9.91. The summed E-state index contributed by atoms with van der Waals surface area (Å²) >= 11 is 0. The molecule has 2 saturated heterocycles. The van der Waals surface area contributed by atoms with Gasteiger partial charge < -0.3 is 29.2 Å². The van der Waals surface area contributed by atoms with Crippen LogP contribution in [0, 0.1) is 11.8 Å². The van der Waals surface area contributed by atoms with Gasteiger partial charge in [0.1, 0.15) is 12.4 Å². The van der Waals surface area contributed by atoms with E-state index in [4.69, 9.17) is 18.9 Å². The molecule has 6 heteroatoms. The molecule has 0 bridgehead atoms. The first-order valence-corrected chi connectivity index (χ1v) is 10.2. The number of aliphatic hydroxyl groups excluding tert-OH is 2. The molecule has 2 N–H and O–H groups in total. The van der Waals surface area contributed by atoms with Crippen LogP contribution in [0.2, 0.25) is 0 Å². The van der Waals surface area contributed by atoms with Crippen molar-refractivity contribution in [3.05, 3.63) is 54.6 Å². The first kappa shape index (κ1) is 19.0. The van der Waals surface area contributed by atoms with Gasteiger partial charge in [-0.2, -0.15) is 0 Å². The summed E-state index contributed by atoms with van der Waals surface area (Å²) in [5.74, 6) is -0.205. The molecule has 6 nitrogen and oxygen atoms in total. The van der Waals surface area contributed by atoms with Crippen molar-refractivity contribution in [2.75, 3.05) is 19.8 Å². The van der Waals surface area contributed by atoms with E-state index in [1.165, 1.54) is 0 Å². The van der Waals surface area contributed by atoms with Crippen LogP contribution in [0.5, 0.6) is 5.75 Å². The van der Waals surface area contributed by atoms with Gasteiger partial charge in [-0.15, -0.1) is 0 Å². The van der Waals surface area contributed by atoms with Crippen LogP contribution in [-0.4, -0.2) is 54.3 Å². The second-order valence-corrected chi connectivity index (χ2v) is 8.07. The van der Waals surface area contributed by atoms with Gasteiger partial charge in [0.05, 0.1) is 25.4 Å². The molecule has 1 saturated carbocycles. The Labute approximate surface area is 169 Å². The minimum absolute atomic E-state index is 0.0927. The molecule has 2 aromatic carbocycles. The van der Waals surface area contributed by atoms with Crippen molar-refractivity contribution in [1.82, 2.24) is 0 Å². The van der Waals surface area contributed by atoms with E-state index in [-0.39, 0.29) is 24.5 Å². The number of hydrogen-bond donors (Lipinski definition) is 2. The predicted octanol–water partition coefficient (Wildman–Crippen LogP) is 2.62. The summed E-state index contributed by atoms with van der Waals surface area (Å²) < 4.78 is 23.3. The van der Waals surface area contributed by atoms with E-state index in [0.29, 0.717) is 26.1 Å². The molecule has 5 atom stereocenters. The standard InChI is InChI=1S/C23H26O6/c24-20-13-21-19(12-22(25)29-21)18(20)7-8-23(27-9-10-28-23)14-26-17-6-5-15-3-1-2-4-16(15)11-17/h1-8,11,18-22,24-25H,9-10,12-14H2/b8-7+/t18-,19-,20-,21+,22?/m1/s1. The predicted molar refractivity (Wildman–Crippen MR) is 106 cm³/mol. The molecular weight excluding hydrogens is 372 g/mol. The highest BCUT2D eigenvalue weighted by Crippen LogP contribution is 2.43. The Kier molecular flexibility index (Phi) is 5.05. The summed E-state index contributed by atoms with van der Waals surface area (Å²) in [7, 11) is 0. The van der Waals surface area contributed by atoms with Gasteiger partial charge in [0.25, 0.3) is 0 Å². The molecule has 2 heterocycles. The van der Waals surface area contributed by atoms with E-state index in [0.717, 1.165) is 16.5 Å². The Morgan fingerprint density at radius 2 is 1.83 bits per heavy atom. The number of rotatable bonds is 5. The smallest absolute Gasteiger partial charge is 0.223 e. The van der Waals surface area contributed by atoms with Crippen LogP contribution in [0.1, 0.15) is 12.8 Å². The summed E-state index contributed by atoms with van der Waals surface area (Å²) in [5, 5.41) is 22.5. The summed E-state index contributed by atoms with van der Waals surface area (Å²) in [6.45, 7) is 1.21. The SMILES string of the molecule is OC1C[C@@H]2[C@@H](/C=C/C3(COc4ccc5ccccc5c4)OCCO3)[C@H](O)C[C@@H]2O1. The Bertz CT molecular complexity index is 890. The van der Waals surface area contributed by atoms with Crippen LogP contribution < -0.4 is 4.74 Å². The highest BCUT2D eigenvalue weighted by Gasteiger charge is 2.48. The number of aliphatic hydroxyl groups is 2. The lowest BCUT2D eigenvalue weighted by molar-refractivity contribution is -0.139. The van der Waals surface area contributed by atoms with Gasteiger partial charge in [-0.1, -0.05) is 36.4 Å². The van der Waals surface area contributed by atoms with Crippen molar-refractivity contribution in [3.63, 3.8) is 0 Å². The fourth-order valence-corrected chi connectivity index (χ4v) is 4.73. The Morgan fingerprint density at radius 1 is 1.03 bits per heavy atom. The molecule has 0 amide bonds. The van der Waals surface area contributed by atoms with Crippen LogP contribution in [-0.2, 0) is 14.2 Å². The average Bonchev–Trinajstić information content (AvgIpc) is 3.40. The summed E-state index contributed by atoms with van der Waals surface area (Å²) in [6.07, 6.45) is 3.57. The normalized spacial score (nSPS) is 33.5. The maximum absolute atomic E-state index is 10.4. The van der Waals surface area contributed by atoms with Gasteiger partial charge in [-0.25, -0.2) is 0 Å². The topological polar surface area (TPSA) is 77.4 Å². The van der Waals surface area contributed by atoms with E-state index >= 15 is 0 Å². The summed E-state index contributed by atoms with van der Waals surface area (Å²) in [5.41, 5.74) is 0. The molecule has 0 radical (unpaired) electrons. The number of fused-ring (bicyclic) bond motifs is 2. The minimum atomic E-state index is -0.971. The average molecular weight is 398 g/mol. The molecule has 3 aliphatic rings. The molecule has 2 aliphatic heterocycles. The lowest BCUT2D eigenvalue weighted by Gasteiger charge is -2.25. The quantitative estimate of drug-likeness (QED) is 0.754. The fourth-order valence-electron chi connectivity index (χ4n) is 4.73. The zero-order valence-electron chi connectivity index (χ0n) is 16.1. The van der Waals surface area contributed by atoms with E-state index in [1.807, 2.05) is 42.5 Å². The maximum atomic E-state index is 10.4. The molecule has 2 aromatic rings. The third kappa shape index (κ3) is 3.79. The maximum Gasteiger partial charge on any atom is 0.223 e. The van der Waals surface area contributed by atoms with Crippen molar-refractivity contribution in [3.8, 4) is 5.75 Å². The van der Waals surface area contributed by atoms with Gasteiger partial charge in [-0.3, -0.25) is 0 Å². The van der Waals surface area contributed by atoms with Crippen molar-refractivity contribution >= 4 is 10.8 Å². The molecule has 0 aromatic heterocycles. The zero-order chi connectivity index (χ0) is 19.8. The largest absolute Gasteiger partial charge is 0.488 e. The molecule has 0 spiro atoms. The van der Waals surface area contributed by atoms with Crippen molar-refractivity contribution in [1.29, 1.82) is 0 Å². The molecule has 29 heavy (non-hydrogen) atoms.